The zero-order valence-corrected chi connectivity index (χ0v) is 13.2. The first-order valence-electron chi connectivity index (χ1n) is 7.73. The molecule has 0 aliphatic carbocycles. The zero-order chi connectivity index (χ0) is 16.6. The summed E-state index contributed by atoms with van der Waals surface area (Å²) < 4.78 is 0. The van der Waals surface area contributed by atoms with Gasteiger partial charge < -0.3 is 9.94 Å². The van der Waals surface area contributed by atoms with Crippen LogP contribution in [0.3, 0.4) is 0 Å². The van der Waals surface area contributed by atoms with Crippen molar-refractivity contribution in [2.45, 2.75) is 13.0 Å². The highest BCUT2D eigenvalue weighted by Crippen LogP contribution is 2.11. The van der Waals surface area contributed by atoms with Gasteiger partial charge in [-0.1, -0.05) is 65.8 Å². The Kier molecular flexibility index (Phi) is 5.20. The highest BCUT2D eigenvalue weighted by atomic mass is 16.6. The maximum absolute atomic E-state index is 9.42. The number of oxime groups is 1. The van der Waals surface area contributed by atoms with Crippen molar-refractivity contribution < 1.29 is 9.94 Å². The summed E-state index contributed by atoms with van der Waals surface area (Å²) in [6.07, 6.45) is 2.01. The van der Waals surface area contributed by atoms with E-state index in [-0.39, 0.29) is 5.75 Å². The van der Waals surface area contributed by atoms with Crippen molar-refractivity contribution >= 4 is 5.71 Å². The van der Waals surface area contributed by atoms with Gasteiger partial charge in [0.25, 0.3) is 0 Å². The molecule has 0 aliphatic rings. The van der Waals surface area contributed by atoms with Gasteiger partial charge in [-0.25, -0.2) is 0 Å². The number of aromatic nitrogens is 1. The van der Waals surface area contributed by atoms with Crippen molar-refractivity contribution in [2.24, 2.45) is 5.16 Å². The molecule has 0 saturated carbocycles. The van der Waals surface area contributed by atoms with Crippen LogP contribution in [-0.2, 0) is 17.9 Å². The zero-order valence-electron chi connectivity index (χ0n) is 13.2. The molecule has 0 radical (unpaired) electrons. The highest BCUT2D eigenvalue weighted by Gasteiger charge is 2.08. The topological polar surface area (TPSA) is 54.7 Å². The Morgan fingerprint density at radius 1 is 0.875 bits per heavy atom. The third-order valence-corrected chi connectivity index (χ3v) is 3.51. The molecule has 24 heavy (non-hydrogen) atoms. The maximum atomic E-state index is 9.42. The van der Waals surface area contributed by atoms with Crippen LogP contribution in [-0.4, -0.2) is 15.8 Å². The molecule has 0 aliphatic heterocycles. The molecule has 1 aromatic heterocycles. The highest BCUT2D eigenvalue weighted by molar-refractivity contribution is 6.00. The van der Waals surface area contributed by atoms with Gasteiger partial charge in [-0.2, -0.15) is 0 Å². The summed E-state index contributed by atoms with van der Waals surface area (Å²) in [6.45, 7) is 0.400. The standard InChI is InChI=1S/C20H18N2O2/c23-18-11-12-19(21-14-18)20(13-16-7-3-1-4-8-16)22-24-15-17-9-5-2-6-10-17/h1-12,14,23H,13,15H2. The van der Waals surface area contributed by atoms with Crippen molar-refractivity contribution in [1.29, 1.82) is 0 Å². The van der Waals surface area contributed by atoms with Crippen molar-refractivity contribution in [1.82, 2.24) is 4.98 Å². The third-order valence-electron chi connectivity index (χ3n) is 3.51. The van der Waals surface area contributed by atoms with Gasteiger partial charge in [0.05, 0.1) is 11.9 Å². The lowest BCUT2D eigenvalue weighted by atomic mass is 10.1. The molecule has 3 rings (SSSR count). The minimum atomic E-state index is 0.128. The number of rotatable bonds is 6. The molecule has 120 valence electrons. The Morgan fingerprint density at radius 2 is 1.54 bits per heavy atom. The van der Waals surface area contributed by atoms with Gasteiger partial charge in [-0.3, -0.25) is 4.98 Å². The molecule has 3 aromatic rings. The van der Waals surface area contributed by atoms with Crippen molar-refractivity contribution in [3.05, 3.63) is 95.8 Å². The van der Waals surface area contributed by atoms with Gasteiger partial charge in [0.2, 0.25) is 0 Å². The van der Waals surface area contributed by atoms with E-state index in [0.717, 1.165) is 16.8 Å². The summed E-state index contributed by atoms with van der Waals surface area (Å²) in [6, 6.07) is 23.2. The molecule has 1 heterocycles. The Labute approximate surface area is 141 Å². The molecule has 0 spiro atoms. The second-order valence-electron chi connectivity index (χ2n) is 5.36. The molecule has 0 saturated heterocycles. The molecule has 4 heteroatoms. The predicted molar refractivity (Wildman–Crippen MR) is 93.8 cm³/mol. The van der Waals surface area contributed by atoms with Gasteiger partial charge in [0.15, 0.2) is 0 Å². The molecular weight excluding hydrogens is 300 g/mol. The van der Waals surface area contributed by atoms with Crippen LogP contribution in [0.25, 0.3) is 0 Å². The van der Waals surface area contributed by atoms with E-state index in [4.69, 9.17) is 4.84 Å². The summed E-state index contributed by atoms with van der Waals surface area (Å²) >= 11 is 0. The van der Waals surface area contributed by atoms with Crippen LogP contribution in [0.15, 0.2) is 84.1 Å². The fraction of sp³-hybridized carbons (Fsp3) is 0.100. The fourth-order valence-corrected chi connectivity index (χ4v) is 2.27. The average Bonchev–Trinajstić information content (AvgIpc) is 2.63. The van der Waals surface area contributed by atoms with Crippen LogP contribution in [0.2, 0.25) is 0 Å². The second kappa shape index (κ2) is 7.92. The van der Waals surface area contributed by atoms with E-state index >= 15 is 0 Å². The fourth-order valence-electron chi connectivity index (χ4n) is 2.27. The molecule has 0 bridgehead atoms. The Bertz CT molecular complexity index is 785. The molecule has 0 atom stereocenters. The molecule has 0 amide bonds. The summed E-state index contributed by atoms with van der Waals surface area (Å²) in [5, 5.41) is 13.7. The molecule has 2 aromatic carbocycles. The summed E-state index contributed by atoms with van der Waals surface area (Å²) in [7, 11) is 0. The first-order valence-corrected chi connectivity index (χ1v) is 7.73. The second-order valence-corrected chi connectivity index (χ2v) is 5.36. The smallest absolute Gasteiger partial charge is 0.142 e. The van der Waals surface area contributed by atoms with Crippen LogP contribution in [0.4, 0.5) is 0 Å². The summed E-state index contributed by atoms with van der Waals surface area (Å²) in [4.78, 5) is 9.76. The van der Waals surface area contributed by atoms with Crippen LogP contribution < -0.4 is 0 Å². The quantitative estimate of drug-likeness (QED) is 0.553. The molecule has 4 nitrogen and oxygen atoms in total. The Hall–Kier alpha value is -3.14. The lowest BCUT2D eigenvalue weighted by molar-refractivity contribution is 0.130. The molecule has 0 unspecified atom stereocenters. The first-order chi connectivity index (χ1) is 11.8. The summed E-state index contributed by atoms with van der Waals surface area (Å²) in [5.41, 5.74) is 3.58. The minimum absolute atomic E-state index is 0.128. The van der Waals surface area contributed by atoms with Crippen molar-refractivity contribution in [3.63, 3.8) is 0 Å². The lowest BCUT2D eigenvalue weighted by Crippen LogP contribution is -2.08. The molecular formula is C20H18N2O2. The van der Waals surface area contributed by atoms with Crippen molar-refractivity contribution in [2.75, 3.05) is 0 Å². The monoisotopic (exact) mass is 318 g/mol. The van der Waals surface area contributed by atoms with Gasteiger partial charge in [0, 0.05) is 6.42 Å². The van der Waals surface area contributed by atoms with Crippen LogP contribution in [0, 0.1) is 0 Å². The minimum Gasteiger partial charge on any atom is -0.506 e. The van der Waals surface area contributed by atoms with Gasteiger partial charge in [-0.15, -0.1) is 0 Å². The maximum Gasteiger partial charge on any atom is 0.142 e. The largest absolute Gasteiger partial charge is 0.506 e. The van der Waals surface area contributed by atoms with Crippen LogP contribution >= 0.6 is 0 Å². The number of nitrogens with zero attached hydrogens (tertiary/aromatic N) is 2. The van der Waals surface area contributed by atoms with E-state index in [1.54, 1.807) is 12.1 Å². The normalized spacial score (nSPS) is 11.2. The number of aromatic hydroxyl groups is 1. The number of hydrogen-bond acceptors (Lipinski definition) is 4. The van der Waals surface area contributed by atoms with Crippen molar-refractivity contribution in [3.8, 4) is 5.75 Å². The predicted octanol–water partition coefficient (Wildman–Crippen LogP) is 3.95. The first kappa shape index (κ1) is 15.7. The Balaban J connectivity index is 1.78. The van der Waals surface area contributed by atoms with Crippen LogP contribution in [0.5, 0.6) is 5.75 Å². The number of pyridine rings is 1. The third kappa shape index (κ3) is 4.43. The van der Waals surface area contributed by atoms with Gasteiger partial charge in [-0.05, 0) is 23.3 Å². The Morgan fingerprint density at radius 3 is 2.17 bits per heavy atom. The summed E-state index contributed by atoms with van der Waals surface area (Å²) in [5.74, 6) is 0.128. The van der Waals surface area contributed by atoms with E-state index in [2.05, 4.69) is 10.1 Å². The number of hydrogen-bond donors (Lipinski definition) is 1. The van der Waals surface area contributed by atoms with E-state index in [1.165, 1.54) is 6.20 Å². The lowest BCUT2D eigenvalue weighted by Gasteiger charge is -2.07. The van der Waals surface area contributed by atoms with E-state index in [9.17, 15) is 5.11 Å². The van der Waals surface area contributed by atoms with Gasteiger partial charge in [0.1, 0.15) is 18.1 Å². The van der Waals surface area contributed by atoms with E-state index in [0.29, 0.717) is 18.7 Å². The van der Waals surface area contributed by atoms with Crippen LogP contribution in [0.1, 0.15) is 16.8 Å². The average molecular weight is 318 g/mol. The molecule has 1 N–H and O–H groups in total. The van der Waals surface area contributed by atoms with Gasteiger partial charge >= 0.3 is 0 Å². The van der Waals surface area contributed by atoms with E-state index < -0.39 is 0 Å². The SMILES string of the molecule is Oc1ccc(C(Cc2ccccc2)=NOCc2ccccc2)nc1. The van der Waals surface area contributed by atoms with E-state index in [1.807, 2.05) is 60.7 Å². The molecule has 0 fully saturated rings. The number of benzene rings is 2.